The third kappa shape index (κ3) is 3.03. The predicted octanol–water partition coefficient (Wildman–Crippen LogP) is 2.25. The fourth-order valence-corrected chi connectivity index (χ4v) is 3.65. The zero-order valence-corrected chi connectivity index (χ0v) is 13.2. The lowest BCUT2D eigenvalue weighted by Gasteiger charge is -2.37. The molecule has 1 amide bonds. The highest BCUT2D eigenvalue weighted by Crippen LogP contribution is 2.31. The number of aliphatic hydroxyl groups is 1. The summed E-state index contributed by atoms with van der Waals surface area (Å²) in [7, 11) is 0. The minimum atomic E-state index is -0.352. The molecule has 4 heteroatoms. The maximum absolute atomic E-state index is 12.8. The molecule has 3 atom stereocenters. The Labute approximate surface area is 132 Å². The van der Waals surface area contributed by atoms with Crippen LogP contribution in [0.15, 0.2) is 24.3 Å². The molecule has 22 heavy (non-hydrogen) atoms. The van der Waals surface area contributed by atoms with Crippen LogP contribution >= 0.6 is 0 Å². The van der Waals surface area contributed by atoms with Gasteiger partial charge in [0.25, 0.3) is 5.91 Å². The fraction of sp³-hybridized carbons (Fsp3) is 0.611. The second kappa shape index (κ2) is 6.80. The molecule has 1 aromatic rings. The van der Waals surface area contributed by atoms with Crippen molar-refractivity contribution in [3.8, 4) is 0 Å². The first-order valence-corrected chi connectivity index (χ1v) is 8.36. The van der Waals surface area contributed by atoms with E-state index in [0.29, 0.717) is 19.6 Å². The van der Waals surface area contributed by atoms with E-state index in [4.69, 9.17) is 4.74 Å². The number of aryl methyl sites for hydroxylation is 1. The van der Waals surface area contributed by atoms with Gasteiger partial charge in [0.2, 0.25) is 0 Å². The summed E-state index contributed by atoms with van der Waals surface area (Å²) in [4.78, 5) is 14.8. The van der Waals surface area contributed by atoms with Gasteiger partial charge in [0.1, 0.15) is 0 Å². The van der Waals surface area contributed by atoms with Crippen molar-refractivity contribution in [1.29, 1.82) is 0 Å². The lowest BCUT2D eigenvalue weighted by Crippen LogP contribution is -2.48. The molecule has 2 heterocycles. The van der Waals surface area contributed by atoms with E-state index in [0.717, 1.165) is 31.4 Å². The van der Waals surface area contributed by atoms with E-state index in [9.17, 15) is 9.90 Å². The molecule has 2 aliphatic heterocycles. The standard InChI is InChI=1S/C18H25NO3/c1-2-13-5-7-14(8-6-13)18(21)19-10-3-4-16(19)15-12-22-11-9-17(15)20/h5-8,15-17,20H,2-4,9-12H2,1H3/t15-,16+,17-/m0/s1. The Hall–Kier alpha value is -1.39. The number of hydrogen-bond acceptors (Lipinski definition) is 3. The average Bonchev–Trinajstić information content (AvgIpc) is 3.04. The van der Waals surface area contributed by atoms with Crippen LogP contribution in [0.25, 0.3) is 0 Å². The van der Waals surface area contributed by atoms with Crippen molar-refractivity contribution in [1.82, 2.24) is 4.90 Å². The summed E-state index contributed by atoms with van der Waals surface area (Å²) in [6, 6.07) is 8.00. The summed E-state index contributed by atoms with van der Waals surface area (Å²) >= 11 is 0. The third-order valence-electron chi connectivity index (χ3n) is 5.03. The number of amides is 1. The highest BCUT2D eigenvalue weighted by molar-refractivity contribution is 5.94. The van der Waals surface area contributed by atoms with Gasteiger partial charge in [-0.2, -0.15) is 0 Å². The first kappa shape index (κ1) is 15.5. The molecule has 120 valence electrons. The van der Waals surface area contributed by atoms with Crippen LogP contribution in [0.1, 0.15) is 42.1 Å². The monoisotopic (exact) mass is 303 g/mol. The molecule has 2 saturated heterocycles. The number of likely N-dealkylation sites (tertiary alicyclic amines) is 1. The van der Waals surface area contributed by atoms with E-state index in [1.807, 2.05) is 29.2 Å². The normalized spacial score (nSPS) is 28.8. The number of carbonyl (C=O) groups is 1. The van der Waals surface area contributed by atoms with Crippen LogP contribution in [0.2, 0.25) is 0 Å². The van der Waals surface area contributed by atoms with Crippen molar-refractivity contribution in [2.45, 2.75) is 44.8 Å². The topological polar surface area (TPSA) is 49.8 Å². The van der Waals surface area contributed by atoms with Gasteiger partial charge in [-0.3, -0.25) is 4.79 Å². The minimum absolute atomic E-state index is 0.0510. The Morgan fingerprint density at radius 2 is 2.09 bits per heavy atom. The quantitative estimate of drug-likeness (QED) is 0.932. The van der Waals surface area contributed by atoms with Crippen molar-refractivity contribution in [3.63, 3.8) is 0 Å². The van der Waals surface area contributed by atoms with Crippen LogP contribution in [0.3, 0.4) is 0 Å². The molecule has 3 rings (SSSR count). The molecule has 0 unspecified atom stereocenters. The fourth-order valence-electron chi connectivity index (χ4n) is 3.65. The summed E-state index contributed by atoms with van der Waals surface area (Å²) in [5.41, 5.74) is 1.99. The van der Waals surface area contributed by atoms with E-state index < -0.39 is 0 Å². The Bertz CT molecular complexity index is 514. The van der Waals surface area contributed by atoms with E-state index in [1.165, 1.54) is 5.56 Å². The molecule has 0 bridgehead atoms. The maximum atomic E-state index is 12.8. The molecule has 0 spiro atoms. The Morgan fingerprint density at radius 3 is 2.77 bits per heavy atom. The SMILES string of the molecule is CCc1ccc(C(=O)N2CCC[C@@H]2[C@@H]2COCC[C@@H]2O)cc1. The zero-order chi connectivity index (χ0) is 15.5. The van der Waals surface area contributed by atoms with Gasteiger partial charge in [-0.25, -0.2) is 0 Å². The second-order valence-electron chi connectivity index (χ2n) is 6.35. The molecule has 0 aromatic heterocycles. The minimum Gasteiger partial charge on any atom is -0.393 e. The first-order chi connectivity index (χ1) is 10.7. The van der Waals surface area contributed by atoms with Crippen LogP contribution < -0.4 is 0 Å². The smallest absolute Gasteiger partial charge is 0.254 e. The average molecular weight is 303 g/mol. The highest BCUT2D eigenvalue weighted by Gasteiger charge is 2.39. The molecular weight excluding hydrogens is 278 g/mol. The Kier molecular flexibility index (Phi) is 4.79. The van der Waals surface area contributed by atoms with Gasteiger partial charge in [-0.1, -0.05) is 19.1 Å². The lowest BCUT2D eigenvalue weighted by atomic mass is 9.89. The molecule has 0 radical (unpaired) electrons. The summed E-state index contributed by atoms with van der Waals surface area (Å²) in [6.07, 6.45) is 3.27. The number of ether oxygens (including phenoxy) is 1. The predicted molar refractivity (Wildman–Crippen MR) is 84.8 cm³/mol. The van der Waals surface area contributed by atoms with Crippen LogP contribution in [0.4, 0.5) is 0 Å². The highest BCUT2D eigenvalue weighted by atomic mass is 16.5. The van der Waals surface area contributed by atoms with Gasteiger partial charge in [0, 0.05) is 30.7 Å². The van der Waals surface area contributed by atoms with Crippen LogP contribution in [0, 0.1) is 5.92 Å². The number of carbonyl (C=O) groups excluding carboxylic acids is 1. The number of hydrogen-bond donors (Lipinski definition) is 1. The van der Waals surface area contributed by atoms with Crippen molar-refractivity contribution in [3.05, 3.63) is 35.4 Å². The molecule has 1 aromatic carbocycles. The van der Waals surface area contributed by atoms with Crippen molar-refractivity contribution < 1.29 is 14.6 Å². The molecular formula is C18H25NO3. The molecule has 0 aliphatic carbocycles. The lowest BCUT2D eigenvalue weighted by molar-refractivity contribution is -0.0589. The molecule has 2 aliphatic rings. The summed E-state index contributed by atoms with van der Waals surface area (Å²) in [5.74, 6) is 0.137. The number of aliphatic hydroxyl groups excluding tert-OH is 1. The number of rotatable bonds is 3. The zero-order valence-electron chi connectivity index (χ0n) is 13.2. The van der Waals surface area contributed by atoms with Gasteiger partial charge >= 0.3 is 0 Å². The molecule has 4 nitrogen and oxygen atoms in total. The van der Waals surface area contributed by atoms with Crippen molar-refractivity contribution in [2.75, 3.05) is 19.8 Å². The molecule has 2 fully saturated rings. The second-order valence-corrected chi connectivity index (χ2v) is 6.35. The van der Waals surface area contributed by atoms with Gasteiger partial charge in [0.05, 0.1) is 12.7 Å². The summed E-state index contributed by atoms with van der Waals surface area (Å²) in [6.45, 7) is 4.07. The molecule has 0 saturated carbocycles. The molecule has 1 N–H and O–H groups in total. The van der Waals surface area contributed by atoms with E-state index >= 15 is 0 Å². The maximum Gasteiger partial charge on any atom is 0.254 e. The van der Waals surface area contributed by atoms with Crippen LogP contribution in [-0.2, 0) is 11.2 Å². The summed E-state index contributed by atoms with van der Waals surface area (Å²) < 4.78 is 5.53. The third-order valence-corrected chi connectivity index (χ3v) is 5.03. The van der Waals surface area contributed by atoms with Crippen LogP contribution in [-0.4, -0.2) is 47.8 Å². The Balaban J connectivity index is 1.75. The largest absolute Gasteiger partial charge is 0.393 e. The van der Waals surface area contributed by atoms with Gasteiger partial charge < -0.3 is 14.7 Å². The van der Waals surface area contributed by atoms with Crippen LogP contribution in [0.5, 0.6) is 0 Å². The van der Waals surface area contributed by atoms with Gasteiger partial charge in [0.15, 0.2) is 0 Å². The number of benzene rings is 1. The van der Waals surface area contributed by atoms with Crippen molar-refractivity contribution >= 4 is 5.91 Å². The Morgan fingerprint density at radius 1 is 1.32 bits per heavy atom. The van der Waals surface area contributed by atoms with E-state index in [1.54, 1.807) is 0 Å². The van der Waals surface area contributed by atoms with E-state index in [-0.39, 0.29) is 24.0 Å². The first-order valence-electron chi connectivity index (χ1n) is 8.36. The summed E-state index contributed by atoms with van der Waals surface area (Å²) in [5, 5.41) is 10.2. The van der Waals surface area contributed by atoms with Gasteiger partial charge in [-0.05, 0) is 43.4 Å². The van der Waals surface area contributed by atoms with Crippen molar-refractivity contribution in [2.24, 2.45) is 5.92 Å². The van der Waals surface area contributed by atoms with E-state index in [2.05, 4.69) is 6.92 Å². The van der Waals surface area contributed by atoms with Gasteiger partial charge in [-0.15, -0.1) is 0 Å². The number of nitrogens with zero attached hydrogens (tertiary/aromatic N) is 1.